The first-order valence-electron chi connectivity index (χ1n) is 13.3. The highest BCUT2D eigenvalue weighted by atomic mass is 32.2. The van der Waals surface area contributed by atoms with Crippen LogP contribution in [0.3, 0.4) is 0 Å². The zero-order valence-corrected chi connectivity index (χ0v) is 22.9. The molecule has 1 N–H and O–H groups in total. The molecule has 2 aliphatic rings. The minimum absolute atomic E-state index is 0.0140. The predicted molar refractivity (Wildman–Crippen MR) is 146 cm³/mol. The number of fused-ring (bicyclic) bond motifs is 1. The molecular weight excluding hydrogens is 516 g/mol. The Hall–Kier alpha value is -3.80. The quantitative estimate of drug-likeness (QED) is 0.330. The fraction of sp³-hybridized carbons (Fsp3) is 0.444. The maximum Gasteiger partial charge on any atom is 0.295 e. The van der Waals surface area contributed by atoms with Gasteiger partial charge in [0.1, 0.15) is 11.8 Å². The Kier molecular flexibility index (Phi) is 6.37. The highest BCUT2D eigenvalue weighted by molar-refractivity contribution is 7.91. The van der Waals surface area contributed by atoms with Crippen molar-refractivity contribution in [1.82, 2.24) is 34.5 Å². The minimum atomic E-state index is -3.38. The van der Waals surface area contributed by atoms with E-state index in [1.165, 1.54) is 12.3 Å². The Labute approximate surface area is 226 Å². The number of sulfone groups is 1. The molecule has 39 heavy (non-hydrogen) atoms. The Bertz CT molecular complexity index is 1730. The number of hydrogen-bond acceptors (Lipinski definition) is 10. The normalized spacial score (nSPS) is 16.4. The first kappa shape index (κ1) is 25.5. The van der Waals surface area contributed by atoms with Crippen LogP contribution in [0.25, 0.3) is 22.6 Å². The molecule has 0 saturated heterocycles. The molecule has 0 amide bonds. The van der Waals surface area contributed by atoms with E-state index >= 15 is 0 Å². The van der Waals surface area contributed by atoms with E-state index in [-0.39, 0.29) is 34.7 Å². The third-order valence-corrected chi connectivity index (χ3v) is 9.19. The first-order chi connectivity index (χ1) is 18.8. The molecule has 0 radical (unpaired) electrons. The van der Waals surface area contributed by atoms with Crippen molar-refractivity contribution in [2.45, 2.75) is 70.0 Å². The van der Waals surface area contributed by atoms with E-state index in [0.29, 0.717) is 28.8 Å². The third kappa shape index (κ3) is 4.88. The Morgan fingerprint density at radius 3 is 2.51 bits per heavy atom. The molecule has 1 unspecified atom stereocenters. The van der Waals surface area contributed by atoms with Gasteiger partial charge in [0.05, 0.1) is 28.9 Å². The molecule has 0 spiro atoms. The average Bonchev–Trinajstić information content (AvgIpc) is 3.85. The highest BCUT2D eigenvalue weighted by Gasteiger charge is 2.33. The molecule has 0 bridgehead atoms. The van der Waals surface area contributed by atoms with E-state index in [4.69, 9.17) is 4.98 Å². The average molecular weight is 547 g/mol. The van der Waals surface area contributed by atoms with Crippen LogP contribution < -0.4 is 10.9 Å². The van der Waals surface area contributed by atoms with Crippen LogP contribution >= 0.6 is 0 Å². The van der Waals surface area contributed by atoms with Crippen molar-refractivity contribution in [1.29, 1.82) is 0 Å². The van der Waals surface area contributed by atoms with Crippen LogP contribution in [0.15, 0.2) is 40.7 Å². The molecule has 4 aromatic rings. The molecule has 0 aromatic carbocycles. The van der Waals surface area contributed by atoms with Crippen molar-refractivity contribution in [3.8, 4) is 11.4 Å². The van der Waals surface area contributed by atoms with Gasteiger partial charge in [0, 0.05) is 24.7 Å². The smallest absolute Gasteiger partial charge is 0.295 e. The number of aryl methyl sites for hydroxylation is 1. The van der Waals surface area contributed by atoms with Gasteiger partial charge < -0.3 is 5.32 Å². The lowest BCUT2D eigenvalue weighted by Gasteiger charge is -2.19. The van der Waals surface area contributed by atoms with Crippen LogP contribution in [0.5, 0.6) is 0 Å². The van der Waals surface area contributed by atoms with Crippen molar-refractivity contribution in [3.63, 3.8) is 0 Å². The number of aromatic nitrogens is 7. The summed E-state index contributed by atoms with van der Waals surface area (Å²) in [5.41, 5.74) is 4.09. The van der Waals surface area contributed by atoms with E-state index in [0.717, 1.165) is 48.2 Å². The summed E-state index contributed by atoms with van der Waals surface area (Å²) in [6, 6.07) is 3.12. The second-order valence-corrected chi connectivity index (χ2v) is 12.6. The molecule has 11 nitrogen and oxygen atoms in total. The second kappa shape index (κ2) is 9.74. The van der Waals surface area contributed by atoms with Gasteiger partial charge in [0.15, 0.2) is 32.2 Å². The van der Waals surface area contributed by atoms with Crippen molar-refractivity contribution in [3.05, 3.63) is 58.2 Å². The molecule has 2 saturated carbocycles. The van der Waals surface area contributed by atoms with Crippen molar-refractivity contribution in [2.24, 2.45) is 5.92 Å². The molecule has 0 aliphatic heterocycles. The van der Waals surface area contributed by atoms with E-state index in [9.17, 15) is 13.2 Å². The molecule has 2 aliphatic carbocycles. The minimum Gasteiger partial charge on any atom is -0.361 e. The first-order valence-corrected chi connectivity index (χ1v) is 14.9. The van der Waals surface area contributed by atoms with E-state index in [1.54, 1.807) is 30.1 Å². The number of hydrogen-bond donors (Lipinski definition) is 1. The van der Waals surface area contributed by atoms with Gasteiger partial charge in [0.25, 0.3) is 5.56 Å². The van der Waals surface area contributed by atoms with Gasteiger partial charge in [-0.15, -0.1) is 0 Å². The van der Waals surface area contributed by atoms with Gasteiger partial charge in [-0.05, 0) is 57.1 Å². The molecule has 4 aromatic heterocycles. The summed E-state index contributed by atoms with van der Waals surface area (Å²) in [4.78, 5) is 40.9. The molecule has 202 valence electrons. The van der Waals surface area contributed by atoms with Crippen LogP contribution in [-0.2, 0) is 16.4 Å². The maximum absolute atomic E-state index is 13.8. The zero-order chi connectivity index (χ0) is 27.3. The Morgan fingerprint density at radius 1 is 1.05 bits per heavy atom. The maximum atomic E-state index is 13.8. The monoisotopic (exact) mass is 546 g/mol. The fourth-order valence-corrected chi connectivity index (χ4v) is 5.66. The van der Waals surface area contributed by atoms with Crippen LogP contribution in [0.4, 0.5) is 5.82 Å². The van der Waals surface area contributed by atoms with Gasteiger partial charge >= 0.3 is 0 Å². The summed E-state index contributed by atoms with van der Waals surface area (Å²) in [5, 5.41) is 3.16. The second-order valence-electron chi connectivity index (χ2n) is 10.4. The Balaban J connectivity index is 1.38. The van der Waals surface area contributed by atoms with Gasteiger partial charge in [0.2, 0.25) is 0 Å². The number of anilines is 1. The third-order valence-electron chi connectivity index (χ3n) is 7.55. The molecule has 4 heterocycles. The summed E-state index contributed by atoms with van der Waals surface area (Å²) in [5.74, 6) is 1.48. The number of nitrogens with one attached hydrogen (secondary N) is 1. The topological polar surface area (TPSA) is 146 Å². The van der Waals surface area contributed by atoms with Crippen LogP contribution in [0.2, 0.25) is 0 Å². The summed E-state index contributed by atoms with van der Waals surface area (Å²) in [6.07, 6.45) is 9.05. The molecule has 6 rings (SSSR count). The molecule has 12 heteroatoms. The van der Waals surface area contributed by atoms with Crippen molar-refractivity contribution < 1.29 is 8.42 Å². The highest BCUT2D eigenvalue weighted by Crippen LogP contribution is 2.43. The van der Waals surface area contributed by atoms with E-state index in [2.05, 4.69) is 30.2 Å². The lowest BCUT2D eigenvalue weighted by atomic mass is 10.1. The van der Waals surface area contributed by atoms with Gasteiger partial charge in [-0.25, -0.2) is 38.3 Å². The summed E-state index contributed by atoms with van der Waals surface area (Å²) in [6.45, 7) is 5.82. The predicted octanol–water partition coefficient (Wildman–Crippen LogP) is 3.60. The van der Waals surface area contributed by atoms with Gasteiger partial charge in [-0.1, -0.05) is 13.0 Å². The van der Waals surface area contributed by atoms with Crippen molar-refractivity contribution >= 4 is 26.8 Å². The van der Waals surface area contributed by atoms with E-state index in [1.807, 2.05) is 13.8 Å². The molecular formula is C27H30N8O3S. The van der Waals surface area contributed by atoms with Gasteiger partial charge in [-0.2, -0.15) is 0 Å². The fourth-order valence-electron chi connectivity index (χ4n) is 4.87. The Morgan fingerprint density at radius 2 is 1.85 bits per heavy atom. The molecule has 1 atom stereocenters. The number of rotatable bonds is 9. The van der Waals surface area contributed by atoms with E-state index < -0.39 is 9.84 Å². The largest absolute Gasteiger partial charge is 0.361 e. The summed E-state index contributed by atoms with van der Waals surface area (Å²) < 4.78 is 25.9. The van der Waals surface area contributed by atoms with Crippen LogP contribution in [0, 0.1) is 12.8 Å². The number of nitrogens with zero attached hydrogens (tertiary/aromatic N) is 7. The summed E-state index contributed by atoms with van der Waals surface area (Å²) in [7, 11) is -3.38. The summed E-state index contributed by atoms with van der Waals surface area (Å²) >= 11 is 0. The van der Waals surface area contributed by atoms with Crippen LogP contribution in [0.1, 0.15) is 68.4 Å². The zero-order valence-electron chi connectivity index (χ0n) is 22.1. The lowest BCUT2D eigenvalue weighted by Crippen LogP contribution is -2.29. The lowest BCUT2D eigenvalue weighted by molar-refractivity contribution is 0.482. The number of pyridine rings is 1. The standard InChI is InChI=1S/C27H30N8O3S/c1-4-39(37,38)21-10-5-17(11-28-21)12-29-25-27(36)35(16(3)18-6-7-18)26-20(33-25)13-30-24(34-26)22-15(2)31-14-32-23(22)19-8-9-19/h5,10-11,13-14,16,18-19H,4,6-9,12H2,1-3H3,(H,29,33). The van der Waals surface area contributed by atoms with Crippen molar-refractivity contribution in [2.75, 3.05) is 11.1 Å². The SMILES string of the molecule is CCS(=O)(=O)c1ccc(CNc2nc3cnc(-c4c(C)ncnc4C4CC4)nc3n(C(C)C3CC3)c2=O)cn1. The van der Waals surface area contributed by atoms with Crippen LogP contribution in [-0.4, -0.2) is 48.6 Å². The van der Waals surface area contributed by atoms with Gasteiger partial charge in [-0.3, -0.25) is 9.36 Å². The molecule has 2 fully saturated rings.